The Balaban J connectivity index is 1.46. The van der Waals surface area contributed by atoms with E-state index in [2.05, 4.69) is 24.4 Å². The fourth-order valence-corrected chi connectivity index (χ4v) is 3.84. The van der Waals surface area contributed by atoms with Gasteiger partial charge in [0.15, 0.2) is 0 Å². The van der Waals surface area contributed by atoms with E-state index in [0.717, 1.165) is 34.9 Å². The second kappa shape index (κ2) is 7.32. The van der Waals surface area contributed by atoms with Crippen LogP contribution in [0, 0.1) is 12.8 Å². The summed E-state index contributed by atoms with van der Waals surface area (Å²) < 4.78 is 2.02. The third kappa shape index (κ3) is 3.79. The van der Waals surface area contributed by atoms with Gasteiger partial charge in [-0.15, -0.1) is 0 Å². The predicted octanol–water partition coefficient (Wildman–Crippen LogP) is 5.22. The molecule has 1 aliphatic carbocycles. The molecule has 0 saturated heterocycles. The number of benzene rings is 1. The molecular weight excluding hydrogens is 322 g/mol. The Morgan fingerprint density at radius 1 is 1.23 bits per heavy atom. The topological polar surface area (TPSA) is 46.4 Å². The lowest BCUT2D eigenvalue weighted by Crippen LogP contribution is -2.12. The molecule has 1 amide bonds. The van der Waals surface area contributed by atoms with Crippen molar-refractivity contribution in [3.8, 4) is 11.3 Å². The summed E-state index contributed by atoms with van der Waals surface area (Å²) in [5, 5.41) is 3.05. The highest BCUT2D eigenvalue weighted by atomic mass is 16.1. The maximum atomic E-state index is 12.3. The number of carbonyl (C=O) groups is 1. The number of aryl methyl sites for hydroxylation is 1. The van der Waals surface area contributed by atoms with Gasteiger partial charge in [0, 0.05) is 30.1 Å². The van der Waals surface area contributed by atoms with Crippen LogP contribution in [-0.2, 0) is 4.79 Å². The molecule has 0 unspecified atom stereocenters. The minimum atomic E-state index is 0.111. The van der Waals surface area contributed by atoms with Crippen molar-refractivity contribution < 1.29 is 4.79 Å². The highest BCUT2D eigenvalue weighted by Crippen LogP contribution is 2.29. The molecule has 4 nitrogen and oxygen atoms in total. The summed E-state index contributed by atoms with van der Waals surface area (Å²) in [4.78, 5) is 17.0. The van der Waals surface area contributed by atoms with E-state index < -0.39 is 0 Å². The lowest BCUT2D eigenvalue weighted by atomic mass is 10.0. The van der Waals surface area contributed by atoms with Gasteiger partial charge < -0.3 is 9.72 Å². The number of rotatable bonds is 5. The molecule has 1 fully saturated rings. The minimum Gasteiger partial charge on any atom is -0.326 e. The number of pyridine rings is 1. The van der Waals surface area contributed by atoms with Gasteiger partial charge in [0.2, 0.25) is 5.91 Å². The van der Waals surface area contributed by atoms with Crippen LogP contribution in [0.5, 0.6) is 0 Å². The molecule has 4 rings (SSSR count). The zero-order valence-corrected chi connectivity index (χ0v) is 15.2. The quantitative estimate of drug-likeness (QED) is 0.688. The van der Waals surface area contributed by atoms with Crippen molar-refractivity contribution in [2.75, 3.05) is 5.32 Å². The van der Waals surface area contributed by atoms with Gasteiger partial charge in [-0.3, -0.25) is 4.79 Å². The average Bonchev–Trinajstić information content (AvgIpc) is 3.29. The standard InChI is InChI=1S/C22H25N3O/c1-16-11-12-25-15-20(24-21(25)13-16)18-7-4-8-19(14-18)23-22(26)10-9-17-5-2-3-6-17/h4,7-8,11-15,17H,2-3,5-6,9-10H2,1H3,(H,23,26). The molecule has 4 heteroatoms. The summed E-state index contributed by atoms with van der Waals surface area (Å²) in [6.45, 7) is 2.07. The van der Waals surface area contributed by atoms with Crippen LogP contribution in [0.4, 0.5) is 5.69 Å². The summed E-state index contributed by atoms with van der Waals surface area (Å²) in [6.07, 6.45) is 10.9. The number of hydrogen-bond acceptors (Lipinski definition) is 2. The smallest absolute Gasteiger partial charge is 0.224 e. The Morgan fingerprint density at radius 2 is 2.08 bits per heavy atom. The van der Waals surface area contributed by atoms with E-state index in [9.17, 15) is 4.79 Å². The summed E-state index contributed by atoms with van der Waals surface area (Å²) in [7, 11) is 0. The van der Waals surface area contributed by atoms with Crippen LogP contribution in [0.2, 0.25) is 0 Å². The van der Waals surface area contributed by atoms with E-state index in [1.165, 1.54) is 31.2 Å². The molecular formula is C22H25N3O. The van der Waals surface area contributed by atoms with Gasteiger partial charge in [0.1, 0.15) is 5.65 Å². The van der Waals surface area contributed by atoms with Crippen molar-refractivity contribution in [3.63, 3.8) is 0 Å². The summed E-state index contributed by atoms with van der Waals surface area (Å²) >= 11 is 0. The molecule has 2 aromatic heterocycles. The lowest BCUT2D eigenvalue weighted by Gasteiger charge is -2.09. The Labute approximate surface area is 154 Å². The van der Waals surface area contributed by atoms with Crippen LogP contribution in [0.25, 0.3) is 16.9 Å². The molecule has 1 aromatic carbocycles. The SMILES string of the molecule is Cc1ccn2cc(-c3cccc(NC(=O)CCC4CCCC4)c3)nc2c1. The Hall–Kier alpha value is -2.62. The molecule has 1 aliphatic rings. The van der Waals surface area contributed by atoms with Gasteiger partial charge in [0.05, 0.1) is 5.69 Å². The molecule has 3 aromatic rings. The van der Waals surface area contributed by atoms with Gasteiger partial charge in [-0.25, -0.2) is 4.98 Å². The summed E-state index contributed by atoms with van der Waals surface area (Å²) in [6, 6.07) is 12.1. The van der Waals surface area contributed by atoms with E-state index in [1.807, 2.05) is 41.1 Å². The van der Waals surface area contributed by atoms with Gasteiger partial charge in [-0.1, -0.05) is 37.8 Å². The van der Waals surface area contributed by atoms with Crippen LogP contribution in [0.1, 0.15) is 44.1 Å². The molecule has 0 bridgehead atoms. The van der Waals surface area contributed by atoms with E-state index in [0.29, 0.717) is 6.42 Å². The number of amides is 1. The predicted molar refractivity (Wildman–Crippen MR) is 105 cm³/mol. The first-order valence-electron chi connectivity index (χ1n) is 9.53. The van der Waals surface area contributed by atoms with Crippen molar-refractivity contribution in [1.82, 2.24) is 9.38 Å². The molecule has 1 N–H and O–H groups in total. The summed E-state index contributed by atoms with van der Waals surface area (Å²) in [5.74, 6) is 0.855. The number of imidazole rings is 1. The molecule has 0 radical (unpaired) electrons. The number of aromatic nitrogens is 2. The van der Waals surface area contributed by atoms with E-state index in [4.69, 9.17) is 4.98 Å². The van der Waals surface area contributed by atoms with Crippen molar-refractivity contribution in [2.45, 2.75) is 45.4 Å². The maximum absolute atomic E-state index is 12.3. The first-order chi connectivity index (χ1) is 12.7. The molecule has 0 aliphatic heterocycles. The Kier molecular flexibility index (Phi) is 4.74. The minimum absolute atomic E-state index is 0.111. The van der Waals surface area contributed by atoms with Crippen molar-refractivity contribution >= 4 is 17.2 Å². The first-order valence-corrected chi connectivity index (χ1v) is 9.53. The van der Waals surface area contributed by atoms with Gasteiger partial charge in [0.25, 0.3) is 0 Å². The van der Waals surface area contributed by atoms with Crippen LogP contribution >= 0.6 is 0 Å². The zero-order chi connectivity index (χ0) is 17.9. The largest absolute Gasteiger partial charge is 0.326 e. The molecule has 2 heterocycles. The number of nitrogens with one attached hydrogen (secondary N) is 1. The fourth-order valence-electron chi connectivity index (χ4n) is 3.84. The number of fused-ring (bicyclic) bond motifs is 1. The third-order valence-corrected chi connectivity index (χ3v) is 5.31. The van der Waals surface area contributed by atoms with Crippen molar-refractivity contribution in [1.29, 1.82) is 0 Å². The third-order valence-electron chi connectivity index (χ3n) is 5.31. The van der Waals surface area contributed by atoms with Crippen LogP contribution in [0.15, 0.2) is 48.8 Å². The van der Waals surface area contributed by atoms with E-state index >= 15 is 0 Å². The second-order valence-electron chi connectivity index (χ2n) is 7.41. The molecule has 0 spiro atoms. The fraction of sp³-hybridized carbons (Fsp3) is 0.364. The van der Waals surface area contributed by atoms with Gasteiger partial charge >= 0.3 is 0 Å². The molecule has 26 heavy (non-hydrogen) atoms. The number of anilines is 1. The summed E-state index contributed by atoms with van der Waals surface area (Å²) in [5.41, 5.74) is 4.90. The normalized spacial score (nSPS) is 14.8. The average molecular weight is 347 g/mol. The van der Waals surface area contributed by atoms with Crippen molar-refractivity contribution in [2.24, 2.45) is 5.92 Å². The van der Waals surface area contributed by atoms with Crippen LogP contribution in [-0.4, -0.2) is 15.3 Å². The Bertz CT molecular complexity index is 922. The number of carbonyl (C=O) groups excluding carboxylic acids is 1. The molecule has 0 atom stereocenters. The van der Waals surface area contributed by atoms with Gasteiger partial charge in [-0.2, -0.15) is 0 Å². The monoisotopic (exact) mass is 347 g/mol. The van der Waals surface area contributed by atoms with E-state index in [-0.39, 0.29) is 5.91 Å². The zero-order valence-electron chi connectivity index (χ0n) is 15.2. The lowest BCUT2D eigenvalue weighted by molar-refractivity contribution is -0.116. The Morgan fingerprint density at radius 3 is 2.92 bits per heavy atom. The van der Waals surface area contributed by atoms with Crippen LogP contribution in [0.3, 0.4) is 0 Å². The maximum Gasteiger partial charge on any atom is 0.224 e. The number of hydrogen-bond donors (Lipinski definition) is 1. The first kappa shape index (κ1) is 16.8. The van der Waals surface area contributed by atoms with Crippen molar-refractivity contribution in [3.05, 3.63) is 54.4 Å². The number of nitrogens with zero attached hydrogens (tertiary/aromatic N) is 2. The highest BCUT2D eigenvalue weighted by molar-refractivity contribution is 5.91. The van der Waals surface area contributed by atoms with E-state index in [1.54, 1.807) is 0 Å². The second-order valence-corrected chi connectivity index (χ2v) is 7.41. The van der Waals surface area contributed by atoms with Crippen LogP contribution < -0.4 is 5.32 Å². The molecule has 134 valence electrons. The molecule has 1 saturated carbocycles. The highest BCUT2D eigenvalue weighted by Gasteiger charge is 2.16. The van der Waals surface area contributed by atoms with Gasteiger partial charge in [-0.05, 0) is 49.1 Å².